The molecule has 1 N–H and O–H groups in total. The molecule has 0 saturated heterocycles. The van der Waals surface area contributed by atoms with E-state index in [0.29, 0.717) is 35.9 Å². The van der Waals surface area contributed by atoms with Crippen LogP contribution in [-0.4, -0.2) is 37.8 Å². The Hall–Kier alpha value is -0.163. The Labute approximate surface area is 224 Å². The molecule has 0 radical (unpaired) electrons. The van der Waals surface area contributed by atoms with Gasteiger partial charge in [-0.25, -0.2) is 0 Å². The van der Waals surface area contributed by atoms with E-state index >= 15 is 0 Å². The van der Waals surface area contributed by atoms with Gasteiger partial charge in [-0.05, 0) is 131 Å². The molecule has 0 bridgehead atoms. The Kier molecular flexibility index (Phi) is 7.84. The van der Waals surface area contributed by atoms with Crippen LogP contribution in [0.1, 0.15) is 113 Å². The Morgan fingerprint density at radius 1 is 1.03 bits per heavy atom. The van der Waals surface area contributed by atoms with Gasteiger partial charge >= 0.3 is 0 Å². The topological polar surface area (TPSA) is 38.7 Å². The van der Waals surface area contributed by atoms with Gasteiger partial charge in [-0.15, -0.1) is 0 Å². The van der Waals surface area contributed by atoms with Gasteiger partial charge in [0.2, 0.25) is 0 Å². The highest BCUT2D eigenvalue weighted by molar-refractivity contribution is 6.74. The van der Waals surface area contributed by atoms with Crippen LogP contribution in [0.15, 0.2) is 11.6 Å². The summed E-state index contributed by atoms with van der Waals surface area (Å²) in [4.78, 5) is 0. The van der Waals surface area contributed by atoms with Gasteiger partial charge in [0.05, 0.1) is 11.7 Å². The summed E-state index contributed by atoms with van der Waals surface area (Å²) in [5, 5.41) is 10.4. The van der Waals surface area contributed by atoms with Crippen LogP contribution >= 0.6 is 0 Å². The van der Waals surface area contributed by atoms with Crippen LogP contribution in [0.2, 0.25) is 18.1 Å². The Morgan fingerprint density at radius 2 is 1.72 bits per heavy atom. The summed E-state index contributed by atoms with van der Waals surface area (Å²) < 4.78 is 13.3. The lowest BCUT2D eigenvalue weighted by Crippen LogP contribution is -2.52. The van der Waals surface area contributed by atoms with E-state index in [4.69, 9.17) is 9.16 Å². The van der Waals surface area contributed by atoms with Crippen molar-refractivity contribution in [1.82, 2.24) is 0 Å². The van der Waals surface area contributed by atoms with Gasteiger partial charge in [-0.3, -0.25) is 0 Å². The van der Waals surface area contributed by atoms with Crippen molar-refractivity contribution < 1.29 is 14.3 Å². The first-order valence-electron chi connectivity index (χ1n) is 15.2. The fourth-order valence-electron chi connectivity index (χ4n) is 8.74. The van der Waals surface area contributed by atoms with Crippen molar-refractivity contribution in [1.29, 1.82) is 0 Å². The van der Waals surface area contributed by atoms with Crippen molar-refractivity contribution in [2.75, 3.05) is 6.61 Å². The molecule has 0 aromatic heterocycles. The third kappa shape index (κ3) is 5.32. The number of hydrogen-bond acceptors (Lipinski definition) is 3. The third-order valence-electron chi connectivity index (χ3n) is 12.1. The zero-order valence-electron chi connectivity index (χ0n) is 25.4. The number of aliphatic hydroxyl groups is 1. The quantitative estimate of drug-likeness (QED) is 0.271. The molecule has 0 aliphatic heterocycles. The highest BCUT2D eigenvalue weighted by Crippen LogP contribution is 2.67. The number of rotatable bonds is 7. The highest BCUT2D eigenvalue weighted by Gasteiger charge is 2.59. The lowest BCUT2D eigenvalue weighted by atomic mass is 9.47. The van der Waals surface area contributed by atoms with Crippen molar-refractivity contribution in [3.05, 3.63) is 11.6 Å². The van der Waals surface area contributed by atoms with Crippen molar-refractivity contribution in [3.63, 3.8) is 0 Å². The molecule has 4 heteroatoms. The Morgan fingerprint density at radius 3 is 2.36 bits per heavy atom. The maximum absolute atomic E-state index is 10.1. The predicted octanol–water partition coefficient (Wildman–Crippen LogP) is 8.52. The van der Waals surface area contributed by atoms with Crippen molar-refractivity contribution >= 4 is 8.32 Å². The molecule has 0 heterocycles. The normalized spacial score (nSPS) is 40.2. The molecule has 3 saturated carbocycles. The standard InChI is InChI=1S/C32H58O3Si/c1-22(34-20-19-30(5,6)33)26-13-14-27-25-12-11-23-21-24(35-36(9,10)29(2,3)4)15-17-31(23,7)28(25)16-18-32(26,27)8/h11,22,24-28,33H,12-21H2,1-10H3/t22-,24?,25+,26-,27+,28+,31+,32-/m1/s1. The van der Waals surface area contributed by atoms with E-state index in [-0.39, 0.29) is 11.1 Å². The minimum atomic E-state index is -1.73. The summed E-state index contributed by atoms with van der Waals surface area (Å²) in [6.45, 7) is 23.9. The maximum Gasteiger partial charge on any atom is 0.192 e. The first kappa shape index (κ1) is 28.8. The first-order valence-corrected chi connectivity index (χ1v) is 18.1. The van der Waals surface area contributed by atoms with E-state index < -0.39 is 13.9 Å². The van der Waals surface area contributed by atoms with E-state index in [2.05, 4.69) is 60.7 Å². The molecule has 0 spiro atoms. The molecule has 3 nitrogen and oxygen atoms in total. The molecular weight excluding hydrogens is 460 g/mol. The van der Waals surface area contributed by atoms with Crippen LogP contribution in [0.4, 0.5) is 0 Å². The predicted molar refractivity (Wildman–Crippen MR) is 154 cm³/mol. The number of hydrogen-bond donors (Lipinski definition) is 1. The van der Waals surface area contributed by atoms with Crippen LogP contribution in [-0.2, 0) is 9.16 Å². The van der Waals surface area contributed by atoms with Crippen molar-refractivity contribution in [2.24, 2.45) is 34.5 Å². The summed E-state index contributed by atoms with van der Waals surface area (Å²) in [5.74, 6) is 3.16. The fourth-order valence-corrected chi connectivity index (χ4v) is 10.1. The molecule has 1 unspecified atom stereocenters. The Bertz CT molecular complexity index is 820. The van der Waals surface area contributed by atoms with Crippen LogP contribution in [0.25, 0.3) is 0 Å². The van der Waals surface area contributed by atoms with Gasteiger partial charge in [-0.2, -0.15) is 0 Å². The molecular formula is C32H58O3Si. The number of fused-ring (bicyclic) bond motifs is 5. The van der Waals surface area contributed by atoms with Gasteiger partial charge < -0.3 is 14.3 Å². The first-order chi connectivity index (χ1) is 16.5. The van der Waals surface area contributed by atoms with Crippen LogP contribution in [0, 0.1) is 34.5 Å². The molecule has 36 heavy (non-hydrogen) atoms. The number of ether oxygens (including phenoxy) is 1. The van der Waals surface area contributed by atoms with Gasteiger partial charge in [0.25, 0.3) is 0 Å². The van der Waals surface area contributed by atoms with Crippen molar-refractivity contribution in [2.45, 2.75) is 149 Å². The summed E-state index contributed by atoms with van der Waals surface area (Å²) in [6.07, 6.45) is 14.5. The maximum atomic E-state index is 10.1. The second kappa shape index (κ2) is 9.79. The molecule has 208 valence electrons. The monoisotopic (exact) mass is 518 g/mol. The summed E-state index contributed by atoms with van der Waals surface area (Å²) in [5.41, 5.74) is 1.88. The average molecular weight is 519 g/mol. The van der Waals surface area contributed by atoms with Crippen LogP contribution in [0.5, 0.6) is 0 Å². The second-order valence-electron chi connectivity index (χ2n) is 15.9. The molecule has 4 aliphatic rings. The van der Waals surface area contributed by atoms with Crippen molar-refractivity contribution in [3.8, 4) is 0 Å². The molecule has 3 fully saturated rings. The smallest absolute Gasteiger partial charge is 0.192 e. The average Bonchev–Trinajstić information content (AvgIpc) is 3.09. The van der Waals surface area contributed by atoms with Crippen LogP contribution < -0.4 is 0 Å². The zero-order valence-corrected chi connectivity index (χ0v) is 26.4. The Balaban J connectivity index is 1.44. The highest BCUT2D eigenvalue weighted by atomic mass is 28.4. The SMILES string of the molecule is C[C@@H](OCCC(C)(C)O)[C@H]1CC[C@H]2[C@@H]3CC=C4CC(O[Si](C)(C)C(C)(C)C)CC[C@]4(C)[C@H]3CC[C@]12C. The van der Waals surface area contributed by atoms with E-state index in [9.17, 15) is 5.11 Å². The number of allylic oxidation sites excluding steroid dienone is 1. The lowest BCUT2D eigenvalue weighted by molar-refractivity contribution is -0.0859. The summed E-state index contributed by atoms with van der Waals surface area (Å²) in [7, 11) is -1.73. The minimum Gasteiger partial charge on any atom is -0.414 e. The largest absolute Gasteiger partial charge is 0.414 e. The van der Waals surface area contributed by atoms with E-state index in [0.717, 1.165) is 17.8 Å². The third-order valence-corrected chi connectivity index (χ3v) is 16.6. The fraction of sp³-hybridized carbons (Fsp3) is 0.938. The zero-order chi connectivity index (χ0) is 26.7. The van der Waals surface area contributed by atoms with E-state index in [1.165, 1.54) is 51.4 Å². The molecule has 4 aliphatic carbocycles. The minimum absolute atomic E-state index is 0.280. The second-order valence-corrected chi connectivity index (χ2v) is 20.6. The van der Waals surface area contributed by atoms with E-state index in [1.807, 2.05) is 13.8 Å². The van der Waals surface area contributed by atoms with Gasteiger partial charge in [-0.1, -0.05) is 46.3 Å². The lowest BCUT2D eigenvalue weighted by Gasteiger charge is -2.58. The summed E-state index contributed by atoms with van der Waals surface area (Å²) >= 11 is 0. The molecule has 0 aromatic rings. The summed E-state index contributed by atoms with van der Waals surface area (Å²) in [6, 6.07) is 0. The van der Waals surface area contributed by atoms with E-state index in [1.54, 1.807) is 5.57 Å². The van der Waals surface area contributed by atoms with Crippen LogP contribution in [0.3, 0.4) is 0 Å². The molecule has 0 aromatic carbocycles. The van der Waals surface area contributed by atoms with Gasteiger partial charge in [0, 0.05) is 12.7 Å². The molecule has 8 atom stereocenters. The van der Waals surface area contributed by atoms with Gasteiger partial charge in [0.15, 0.2) is 8.32 Å². The molecule has 0 amide bonds. The van der Waals surface area contributed by atoms with Gasteiger partial charge in [0.1, 0.15) is 0 Å². The molecule has 4 rings (SSSR count).